The molecule has 64 valence electrons. The van der Waals surface area contributed by atoms with Crippen LogP contribution >= 0.6 is 23.0 Å². The summed E-state index contributed by atoms with van der Waals surface area (Å²) in [5.41, 5.74) is 0.523. The predicted molar refractivity (Wildman–Crippen MR) is 52.4 cm³/mol. The Morgan fingerprint density at radius 2 is 1.92 bits per heavy atom. The second kappa shape index (κ2) is 4.30. The number of methoxy groups -OCH3 is 1. The lowest BCUT2D eigenvalue weighted by Crippen LogP contribution is -1.99. The van der Waals surface area contributed by atoms with Gasteiger partial charge in [-0.3, -0.25) is 0 Å². The van der Waals surface area contributed by atoms with Gasteiger partial charge in [0.2, 0.25) is 0 Å². The summed E-state index contributed by atoms with van der Waals surface area (Å²) in [6, 6.07) is 6.72. The number of esters is 1. The summed E-state index contributed by atoms with van der Waals surface area (Å²) in [4.78, 5) is 10.9. The van der Waals surface area contributed by atoms with Gasteiger partial charge in [0.15, 0.2) is 23.0 Å². The first kappa shape index (κ1) is 9.31. The van der Waals surface area contributed by atoms with Crippen molar-refractivity contribution in [1.82, 2.24) is 0 Å². The number of hydrogen-bond donors (Lipinski definition) is 0. The van der Waals surface area contributed by atoms with Crippen molar-refractivity contribution in [3.05, 3.63) is 29.8 Å². The highest BCUT2D eigenvalue weighted by Crippen LogP contribution is 2.14. The molecule has 4 heteroatoms. The lowest BCUT2D eigenvalue weighted by Gasteiger charge is -1.99. The van der Waals surface area contributed by atoms with Gasteiger partial charge in [0, 0.05) is 0 Å². The Kier molecular flexibility index (Phi) is 3.33. The molecule has 0 saturated heterocycles. The topological polar surface area (TPSA) is 35.5 Å². The first-order valence-electron chi connectivity index (χ1n) is 3.25. The van der Waals surface area contributed by atoms with Crippen LogP contribution in [-0.2, 0) is 4.74 Å². The monoisotopic (exact) mass is 278 g/mol. The Bertz CT molecular complexity index is 268. The van der Waals surface area contributed by atoms with Crippen LogP contribution in [0.25, 0.3) is 0 Å². The highest BCUT2D eigenvalue weighted by Gasteiger charge is 2.03. The Labute approximate surface area is 84.4 Å². The maximum atomic E-state index is 10.9. The zero-order valence-electron chi connectivity index (χ0n) is 6.41. The van der Waals surface area contributed by atoms with Crippen molar-refractivity contribution >= 4 is 29.0 Å². The van der Waals surface area contributed by atoms with Crippen LogP contribution in [0.1, 0.15) is 10.4 Å². The van der Waals surface area contributed by atoms with Crippen molar-refractivity contribution in [1.29, 1.82) is 0 Å². The number of carbonyl (C=O) groups is 1. The third-order valence-electron chi connectivity index (χ3n) is 1.36. The van der Waals surface area contributed by atoms with Gasteiger partial charge in [0.05, 0.1) is 12.7 Å². The minimum Gasteiger partial charge on any atom is -0.465 e. The lowest BCUT2D eigenvalue weighted by atomic mass is 10.2. The van der Waals surface area contributed by atoms with E-state index in [1.807, 2.05) is 0 Å². The summed E-state index contributed by atoms with van der Waals surface area (Å²) in [6.45, 7) is 0. The molecule has 1 rings (SSSR count). The Morgan fingerprint density at radius 1 is 1.33 bits per heavy atom. The van der Waals surface area contributed by atoms with E-state index in [1.165, 1.54) is 7.11 Å². The van der Waals surface area contributed by atoms with Gasteiger partial charge in [0.1, 0.15) is 5.75 Å². The third kappa shape index (κ3) is 2.10. The number of ether oxygens (including phenoxy) is 1. The average molecular weight is 278 g/mol. The van der Waals surface area contributed by atoms with Crippen LogP contribution in [0.4, 0.5) is 0 Å². The molecule has 0 N–H and O–H groups in total. The van der Waals surface area contributed by atoms with E-state index >= 15 is 0 Å². The van der Waals surface area contributed by atoms with Gasteiger partial charge in [-0.1, -0.05) is 0 Å². The fraction of sp³-hybridized carbons (Fsp3) is 0.125. The Hall–Kier alpha value is -0.780. The molecule has 0 fully saturated rings. The minimum absolute atomic E-state index is 0.338. The van der Waals surface area contributed by atoms with Crippen molar-refractivity contribution < 1.29 is 12.6 Å². The lowest BCUT2D eigenvalue weighted by molar-refractivity contribution is 0.0601. The van der Waals surface area contributed by atoms with Gasteiger partial charge in [-0.25, -0.2) is 4.79 Å². The maximum absolute atomic E-state index is 10.9. The highest BCUT2D eigenvalue weighted by molar-refractivity contribution is 14.1. The van der Waals surface area contributed by atoms with Crippen molar-refractivity contribution in [2.24, 2.45) is 0 Å². The summed E-state index contributed by atoms with van der Waals surface area (Å²) in [5.74, 6) is 0.373. The van der Waals surface area contributed by atoms with Crippen LogP contribution in [0.5, 0.6) is 5.75 Å². The first-order chi connectivity index (χ1) is 5.77. The van der Waals surface area contributed by atoms with E-state index in [1.54, 1.807) is 47.3 Å². The molecule has 0 unspecified atom stereocenters. The van der Waals surface area contributed by atoms with Gasteiger partial charge >= 0.3 is 5.97 Å². The largest absolute Gasteiger partial charge is 0.465 e. The van der Waals surface area contributed by atoms with Crippen LogP contribution in [-0.4, -0.2) is 13.1 Å². The van der Waals surface area contributed by atoms with Gasteiger partial charge in [-0.2, -0.15) is 0 Å². The summed E-state index contributed by atoms with van der Waals surface area (Å²) < 4.78 is 9.43. The molecule has 12 heavy (non-hydrogen) atoms. The summed E-state index contributed by atoms with van der Waals surface area (Å²) in [6.07, 6.45) is 0. The molecule has 0 spiro atoms. The molecular formula is C8H7IO3. The zero-order chi connectivity index (χ0) is 8.97. The summed E-state index contributed by atoms with van der Waals surface area (Å²) in [5, 5.41) is 0. The van der Waals surface area contributed by atoms with Gasteiger partial charge in [0.25, 0.3) is 0 Å². The highest BCUT2D eigenvalue weighted by atomic mass is 127. The van der Waals surface area contributed by atoms with Crippen LogP contribution in [0, 0.1) is 0 Å². The number of halogens is 1. The van der Waals surface area contributed by atoms with E-state index in [0.29, 0.717) is 11.3 Å². The summed E-state index contributed by atoms with van der Waals surface area (Å²) in [7, 11) is 1.35. The first-order valence-corrected chi connectivity index (χ1v) is 4.13. The van der Waals surface area contributed by atoms with E-state index in [-0.39, 0.29) is 5.97 Å². The molecule has 0 bridgehead atoms. The predicted octanol–water partition coefficient (Wildman–Crippen LogP) is 2.20. The molecule has 1 aromatic carbocycles. The van der Waals surface area contributed by atoms with Gasteiger partial charge < -0.3 is 7.80 Å². The molecule has 0 aliphatic carbocycles. The van der Waals surface area contributed by atoms with E-state index < -0.39 is 0 Å². The third-order valence-corrected chi connectivity index (χ3v) is 1.87. The molecule has 0 aromatic heterocycles. The minimum atomic E-state index is -0.338. The molecule has 0 atom stereocenters. The normalized spacial score (nSPS) is 9.17. The molecule has 0 aliphatic rings. The van der Waals surface area contributed by atoms with Crippen LogP contribution in [0.3, 0.4) is 0 Å². The number of hydrogen-bond acceptors (Lipinski definition) is 3. The molecule has 0 heterocycles. The van der Waals surface area contributed by atoms with E-state index in [2.05, 4.69) is 4.74 Å². The molecule has 0 aliphatic heterocycles. The van der Waals surface area contributed by atoms with Crippen molar-refractivity contribution in [3.8, 4) is 5.75 Å². The SMILES string of the molecule is COC(=O)c1ccc(OI)cc1. The maximum Gasteiger partial charge on any atom is 0.337 e. The van der Waals surface area contributed by atoms with Crippen molar-refractivity contribution in [3.63, 3.8) is 0 Å². The zero-order valence-corrected chi connectivity index (χ0v) is 8.57. The standard InChI is InChI=1S/C8H7IO3/c1-11-8(10)6-2-4-7(12-9)5-3-6/h2-5H,1H3. The Balaban J connectivity index is 2.84. The number of carbonyl (C=O) groups excluding carboxylic acids is 1. The van der Waals surface area contributed by atoms with Crippen molar-refractivity contribution in [2.75, 3.05) is 7.11 Å². The fourth-order valence-corrected chi connectivity index (χ4v) is 1.05. The molecule has 0 amide bonds. The Morgan fingerprint density at radius 3 is 2.33 bits per heavy atom. The van der Waals surface area contributed by atoms with Crippen LogP contribution in [0.2, 0.25) is 0 Å². The molecular weight excluding hydrogens is 271 g/mol. The number of rotatable bonds is 2. The fourth-order valence-electron chi connectivity index (χ4n) is 0.760. The van der Waals surface area contributed by atoms with Crippen LogP contribution < -0.4 is 3.07 Å². The van der Waals surface area contributed by atoms with Gasteiger partial charge in [-0.05, 0) is 24.3 Å². The molecule has 0 radical (unpaired) electrons. The molecule has 3 nitrogen and oxygen atoms in total. The van der Waals surface area contributed by atoms with E-state index in [0.717, 1.165) is 0 Å². The number of benzene rings is 1. The van der Waals surface area contributed by atoms with Crippen LogP contribution in [0.15, 0.2) is 24.3 Å². The molecule has 0 saturated carbocycles. The molecule has 1 aromatic rings. The van der Waals surface area contributed by atoms with Gasteiger partial charge in [-0.15, -0.1) is 0 Å². The van der Waals surface area contributed by atoms with Crippen molar-refractivity contribution in [2.45, 2.75) is 0 Å². The average Bonchev–Trinajstić information content (AvgIpc) is 2.17. The second-order valence-corrected chi connectivity index (χ2v) is 2.53. The second-order valence-electron chi connectivity index (χ2n) is 2.09. The summed E-state index contributed by atoms with van der Waals surface area (Å²) >= 11 is 1.78. The van der Waals surface area contributed by atoms with E-state index in [9.17, 15) is 4.79 Å². The quantitative estimate of drug-likeness (QED) is 0.614. The smallest absolute Gasteiger partial charge is 0.337 e. The van der Waals surface area contributed by atoms with E-state index in [4.69, 9.17) is 3.07 Å².